The Morgan fingerprint density at radius 1 is 1.17 bits per heavy atom. The number of nitrogens with zero attached hydrogens (tertiary/aromatic N) is 2. The average Bonchev–Trinajstić information content (AvgIpc) is 2.76. The molecule has 1 amide bonds. The van der Waals surface area contributed by atoms with Crippen LogP contribution in [0.15, 0.2) is 36.4 Å². The van der Waals surface area contributed by atoms with Gasteiger partial charge in [-0.15, -0.1) is 0 Å². The van der Waals surface area contributed by atoms with E-state index in [0.717, 1.165) is 12.1 Å². The third-order valence-corrected chi connectivity index (χ3v) is 6.06. The summed E-state index contributed by atoms with van der Waals surface area (Å²) >= 11 is 6.12. The minimum absolute atomic E-state index is 0.0918. The molecule has 0 aromatic heterocycles. The summed E-state index contributed by atoms with van der Waals surface area (Å²) in [7, 11) is 0. The Bertz CT molecular complexity index is 1100. The summed E-state index contributed by atoms with van der Waals surface area (Å²) in [6.45, 7) is 4.95. The first kappa shape index (κ1) is 26.7. The van der Waals surface area contributed by atoms with E-state index in [-0.39, 0.29) is 23.9 Å². The third kappa shape index (κ3) is 6.85. The fraction of sp³-hybridized carbons (Fsp3) is 0.417. The fourth-order valence-corrected chi connectivity index (χ4v) is 4.14. The number of rotatable bonds is 7. The number of carbonyl (C=O) groups is 2. The number of aliphatic carboxylic acids is 1. The van der Waals surface area contributed by atoms with Crippen LogP contribution in [0, 0.1) is 5.82 Å². The lowest BCUT2D eigenvalue weighted by Gasteiger charge is -2.40. The molecule has 1 fully saturated rings. The van der Waals surface area contributed by atoms with E-state index < -0.39 is 29.6 Å². The van der Waals surface area contributed by atoms with Gasteiger partial charge in [-0.25, -0.2) is 9.18 Å². The molecule has 6 nitrogen and oxygen atoms in total. The molecule has 0 aliphatic carbocycles. The van der Waals surface area contributed by atoms with Gasteiger partial charge in [-0.1, -0.05) is 17.7 Å². The highest BCUT2D eigenvalue weighted by atomic mass is 35.5. The minimum Gasteiger partial charge on any atom is -0.479 e. The summed E-state index contributed by atoms with van der Waals surface area (Å²) in [5.41, 5.74) is -0.495. The van der Waals surface area contributed by atoms with Crippen molar-refractivity contribution in [2.24, 2.45) is 0 Å². The van der Waals surface area contributed by atoms with Gasteiger partial charge < -0.3 is 14.7 Å². The Labute approximate surface area is 205 Å². The molecule has 1 aliphatic rings. The Balaban J connectivity index is 1.64. The zero-order valence-corrected chi connectivity index (χ0v) is 19.9. The molecular formula is C24H25ClF4N2O4. The molecule has 2 aromatic carbocycles. The molecule has 0 radical (unpaired) electrons. The highest BCUT2D eigenvalue weighted by Crippen LogP contribution is 2.31. The van der Waals surface area contributed by atoms with E-state index in [1.807, 2.05) is 6.92 Å². The van der Waals surface area contributed by atoms with Gasteiger partial charge >= 0.3 is 12.1 Å². The molecule has 1 aliphatic heterocycles. The largest absolute Gasteiger partial charge is 0.479 e. The van der Waals surface area contributed by atoms with Gasteiger partial charge in [0.2, 0.25) is 5.91 Å². The first-order valence-corrected chi connectivity index (χ1v) is 11.3. The number of carbonyl (C=O) groups excluding carboxylic acids is 1. The number of ether oxygens (including phenoxy) is 1. The van der Waals surface area contributed by atoms with Crippen LogP contribution in [-0.4, -0.2) is 58.6 Å². The lowest BCUT2D eigenvalue weighted by molar-refractivity contribution is -0.144. The molecule has 0 bridgehead atoms. The lowest BCUT2D eigenvalue weighted by atomic mass is 10.1. The number of halogens is 5. The molecule has 1 saturated heterocycles. The van der Waals surface area contributed by atoms with Crippen molar-refractivity contribution in [1.82, 2.24) is 9.80 Å². The van der Waals surface area contributed by atoms with Gasteiger partial charge in [-0.3, -0.25) is 9.69 Å². The van der Waals surface area contributed by atoms with Crippen LogP contribution >= 0.6 is 11.6 Å². The summed E-state index contributed by atoms with van der Waals surface area (Å²) in [5.74, 6) is -2.15. The zero-order chi connectivity index (χ0) is 25.9. The number of amides is 1. The van der Waals surface area contributed by atoms with Crippen LogP contribution in [0.1, 0.15) is 30.5 Å². The van der Waals surface area contributed by atoms with Crippen molar-refractivity contribution in [3.63, 3.8) is 0 Å². The van der Waals surface area contributed by atoms with Crippen molar-refractivity contribution in [2.45, 2.75) is 45.1 Å². The van der Waals surface area contributed by atoms with Crippen LogP contribution in [0.3, 0.4) is 0 Å². The predicted octanol–water partition coefficient (Wildman–Crippen LogP) is 4.63. The van der Waals surface area contributed by atoms with E-state index in [0.29, 0.717) is 48.6 Å². The highest BCUT2D eigenvalue weighted by molar-refractivity contribution is 6.30. The lowest BCUT2D eigenvalue weighted by Crippen LogP contribution is -2.54. The Morgan fingerprint density at radius 2 is 1.89 bits per heavy atom. The fourth-order valence-electron chi connectivity index (χ4n) is 3.95. The van der Waals surface area contributed by atoms with Crippen LogP contribution in [0.4, 0.5) is 17.6 Å². The van der Waals surface area contributed by atoms with Crippen LogP contribution in [0.25, 0.3) is 0 Å². The van der Waals surface area contributed by atoms with Crippen molar-refractivity contribution < 1.29 is 37.0 Å². The standard InChI is InChI=1S/C24H25ClF4N2O4/c1-14-12-30(13-17-9-19(25)5-6-21(17)35-15(2)23(33)34)7-8-31(14)22(32)10-16-3-4-18(11-20(16)26)24(27,28)29/h3-6,9,11,14-15H,7-8,10,12-13H2,1-2H3,(H,33,34)/t14-,15?/m0/s1. The number of piperazine rings is 1. The first-order chi connectivity index (χ1) is 16.3. The number of hydrogen-bond acceptors (Lipinski definition) is 4. The molecule has 0 saturated carbocycles. The molecule has 11 heteroatoms. The summed E-state index contributed by atoms with van der Waals surface area (Å²) in [5, 5.41) is 9.59. The van der Waals surface area contributed by atoms with Crippen molar-refractivity contribution in [3.8, 4) is 5.75 Å². The second kappa shape index (κ2) is 10.8. The van der Waals surface area contributed by atoms with Gasteiger partial charge in [0.1, 0.15) is 11.6 Å². The molecule has 1 heterocycles. The van der Waals surface area contributed by atoms with Gasteiger partial charge in [-0.05, 0) is 49.7 Å². The van der Waals surface area contributed by atoms with Gasteiger partial charge in [-0.2, -0.15) is 13.2 Å². The smallest absolute Gasteiger partial charge is 0.416 e. The molecule has 2 atom stereocenters. The average molecular weight is 517 g/mol. The van der Waals surface area contributed by atoms with Crippen molar-refractivity contribution >= 4 is 23.5 Å². The van der Waals surface area contributed by atoms with Crippen LogP contribution in [-0.2, 0) is 28.7 Å². The quantitative estimate of drug-likeness (QED) is 0.544. The Hall–Kier alpha value is -2.85. The maximum atomic E-state index is 14.2. The van der Waals surface area contributed by atoms with Crippen molar-refractivity contribution in [3.05, 3.63) is 63.9 Å². The van der Waals surface area contributed by atoms with E-state index in [4.69, 9.17) is 21.4 Å². The van der Waals surface area contributed by atoms with E-state index in [2.05, 4.69) is 4.90 Å². The summed E-state index contributed by atoms with van der Waals surface area (Å²) in [4.78, 5) is 27.6. The van der Waals surface area contributed by atoms with Gasteiger partial charge in [0.15, 0.2) is 6.10 Å². The number of benzene rings is 2. The number of carboxylic acids is 1. The molecule has 1 N–H and O–H groups in total. The van der Waals surface area contributed by atoms with Crippen LogP contribution in [0.5, 0.6) is 5.75 Å². The maximum Gasteiger partial charge on any atom is 0.416 e. The van der Waals surface area contributed by atoms with E-state index >= 15 is 0 Å². The Kier molecular flexibility index (Phi) is 8.27. The molecule has 190 valence electrons. The third-order valence-electron chi connectivity index (χ3n) is 5.82. The second-order valence-corrected chi connectivity index (χ2v) is 8.94. The molecule has 2 aromatic rings. The molecular weight excluding hydrogens is 492 g/mol. The first-order valence-electron chi connectivity index (χ1n) is 10.9. The van der Waals surface area contributed by atoms with Crippen molar-refractivity contribution in [1.29, 1.82) is 0 Å². The van der Waals surface area contributed by atoms with Gasteiger partial charge in [0, 0.05) is 42.8 Å². The second-order valence-electron chi connectivity index (χ2n) is 8.50. The molecule has 0 spiro atoms. The summed E-state index contributed by atoms with van der Waals surface area (Å²) < 4.78 is 58.0. The summed E-state index contributed by atoms with van der Waals surface area (Å²) in [6, 6.07) is 6.84. The number of alkyl halides is 3. The Morgan fingerprint density at radius 3 is 2.49 bits per heavy atom. The number of hydrogen-bond donors (Lipinski definition) is 1. The number of carboxylic acid groups (broad SMARTS) is 1. The van der Waals surface area contributed by atoms with Gasteiger partial charge in [0.25, 0.3) is 0 Å². The monoisotopic (exact) mass is 516 g/mol. The summed E-state index contributed by atoms with van der Waals surface area (Å²) in [6.07, 6.45) is -6.05. The maximum absolute atomic E-state index is 14.2. The van der Waals surface area contributed by atoms with E-state index in [9.17, 15) is 27.2 Å². The van der Waals surface area contributed by atoms with Crippen LogP contribution in [0.2, 0.25) is 5.02 Å². The SMILES string of the molecule is CC(Oc1ccc(Cl)cc1CN1CCN(C(=O)Cc2ccc(C(F)(F)F)cc2F)[C@@H](C)C1)C(=O)O. The van der Waals surface area contributed by atoms with Gasteiger partial charge in [0.05, 0.1) is 12.0 Å². The molecule has 3 rings (SSSR count). The van der Waals surface area contributed by atoms with E-state index in [1.54, 1.807) is 23.1 Å². The van der Waals surface area contributed by atoms with Crippen LogP contribution < -0.4 is 4.74 Å². The molecule has 35 heavy (non-hydrogen) atoms. The highest BCUT2D eigenvalue weighted by Gasteiger charge is 2.32. The van der Waals surface area contributed by atoms with E-state index in [1.165, 1.54) is 6.92 Å². The normalized spacial score (nSPS) is 17.8. The minimum atomic E-state index is -4.66. The predicted molar refractivity (Wildman–Crippen MR) is 121 cm³/mol. The zero-order valence-electron chi connectivity index (χ0n) is 19.1. The topological polar surface area (TPSA) is 70.1 Å². The van der Waals surface area contributed by atoms with Crippen molar-refractivity contribution in [2.75, 3.05) is 19.6 Å². The molecule has 1 unspecified atom stereocenters.